The summed E-state index contributed by atoms with van der Waals surface area (Å²) in [5, 5.41) is 0. The van der Waals surface area contributed by atoms with Crippen molar-refractivity contribution >= 4 is 11.8 Å². The van der Waals surface area contributed by atoms with E-state index in [1.165, 1.54) is 26.1 Å². The van der Waals surface area contributed by atoms with Crippen molar-refractivity contribution in [1.82, 2.24) is 4.90 Å². The molecular formula is C9H15NOS. The van der Waals surface area contributed by atoms with Crippen LogP contribution < -0.4 is 0 Å². The number of fused-ring (bicyclic) bond motifs is 3. The second-order valence-electron chi connectivity index (χ2n) is 4.28. The lowest BCUT2D eigenvalue weighted by Crippen LogP contribution is -2.40. The quantitative estimate of drug-likeness (QED) is 0.562. The van der Waals surface area contributed by atoms with Crippen LogP contribution in [-0.4, -0.2) is 41.3 Å². The predicted octanol–water partition coefficient (Wildman–Crippen LogP) is 1.17. The maximum absolute atomic E-state index is 5.68. The normalized spacial score (nSPS) is 57.2. The van der Waals surface area contributed by atoms with Crippen molar-refractivity contribution in [2.24, 2.45) is 5.92 Å². The van der Waals surface area contributed by atoms with Crippen molar-refractivity contribution < 1.29 is 4.74 Å². The molecule has 0 aliphatic carbocycles. The van der Waals surface area contributed by atoms with Crippen LogP contribution in [0.5, 0.6) is 0 Å². The van der Waals surface area contributed by atoms with Crippen LogP contribution in [0.25, 0.3) is 0 Å². The van der Waals surface area contributed by atoms with Crippen molar-refractivity contribution in [2.45, 2.75) is 23.5 Å². The van der Waals surface area contributed by atoms with E-state index in [-0.39, 0.29) is 0 Å². The molecule has 0 aromatic heterocycles. The van der Waals surface area contributed by atoms with E-state index >= 15 is 0 Å². The summed E-state index contributed by atoms with van der Waals surface area (Å²) in [6, 6.07) is 0. The van der Waals surface area contributed by atoms with Gasteiger partial charge in [-0.2, -0.15) is 0 Å². The zero-order valence-electron chi connectivity index (χ0n) is 7.45. The molecule has 3 rings (SSSR count). The van der Waals surface area contributed by atoms with Crippen LogP contribution in [0.4, 0.5) is 0 Å². The standard InChI is InChI=1S/C9H15NOS/c1-7-11-6-9(12-7)5-10-3-2-8(9)4-10/h7-8H,2-6H2,1H3. The summed E-state index contributed by atoms with van der Waals surface area (Å²) >= 11 is 2.07. The average Bonchev–Trinajstić information content (AvgIpc) is 2.67. The lowest BCUT2D eigenvalue weighted by atomic mass is 9.92. The molecule has 0 aromatic carbocycles. The minimum atomic E-state index is 0.436. The highest BCUT2D eigenvalue weighted by molar-refractivity contribution is 8.01. The van der Waals surface area contributed by atoms with Crippen LogP contribution in [0.3, 0.4) is 0 Å². The molecule has 0 radical (unpaired) electrons. The second-order valence-corrected chi connectivity index (χ2v) is 5.99. The first-order chi connectivity index (χ1) is 5.78. The third-order valence-corrected chi connectivity index (χ3v) is 4.99. The SMILES string of the molecule is CC1OCC2(CN3CCC2C3)S1. The summed E-state index contributed by atoms with van der Waals surface area (Å²) in [5.74, 6) is 0.924. The van der Waals surface area contributed by atoms with Gasteiger partial charge in [-0.05, 0) is 25.8 Å². The van der Waals surface area contributed by atoms with Gasteiger partial charge in [0.25, 0.3) is 0 Å². The third kappa shape index (κ3) is 0.903. The number of ether oxygens (including phenoxy) is 1. The molecule has 3 heterocycles. The van der Waals surface area contributed by atoms with Gasteiger partial charge in [0, 0.05) is 13.1 Å². The van der Waals surface area contributed by atoms with Crippen LogP contribution in [-0.2, 0) is 4.74 Å². The van der Waals surface area contributed by atoms with Gasteiger partial charge < -0.3 is 9.64 Å². The summed E-state index contributed by atoms with van der Waals surface area (Å²) in [6.07, 6.45) is 1.41. The van der Waals surface area contributed by atoms with Crippen molar-refractivity contribution in [2.75, 3.05) is 26.2 Å². The van der Waals surface area contributed by atoms with E-state index in [2.05, 4.69) is 23.6 Å². The highest BCUT2D eigenvalue weighted by atomic mass is 32.2. The van der Waals surface area contributed by atoms with Gasteiger partial charge in [0.05, 0.1) is 11.4 Å². The van der Waals surface area contributed by atoms with E-state index < -0.39 is 0 Å². The van der Waals surface area contributed by atoms with Gasteiger partial charge in [-0.15, -0.1) is 11.8 Å². The van der Waals surface area contributed by atoms with Crippen LogP contribution in [0, 0.1) is 5.92 Å². The summed E-state index contributed by atoms with van der Waals surface area (Å²) in [6.45, 7) is 7.14. The van der Waals surface area contributed by atoms with Gasteiger partial charge >= 0.3 is 0 Å². The Morgan fingerprint density at radius 1 is 1.58 bits per heavy atom. The molecule has 0 amide bonds. The minimum Gasteiger partial charge on any atom is -0.366 e. The summed E-state index contributed by atoms with van der Waals surface area (Å²) in [5.41, 5.74) is 0.436. The third-order valence-electron chi connectivity index (χ3n) is 3.47. The number of piperidine rings is 1. The molecule has 12 heavy (non-hydrogen) atoms. The van der Waals surface area contributed by atoms with E-state index in [4.69, 9.17) is 4.74 Å². The molecule has 1 spiro atoms. The molecule has 4 unspecified atom stereocenters. The molecule has 2 bridgehead atoms. The van der Waals surface area contributed by atoms with Crippen molar-refractivity contribution in [3.63, 3.8) is 0 Å². The zero-order chi connectivity index (χ0) is 8.18. The maximum Gasteiger partial charge on any atom is 0.101 e. The molecule has 4 atom stereocenters. The van der Waals surface area contributed by atoms with Crippen LogP contribution in [0.2, 0.25) is 0 Å². The van der Waals surface area contributed by atoms with Crippen LogP contribution in [0.1, 0.15) is 13.3 Å². The molecule has 3 heteroatoms. The Hall–Kier alpha value is 0.270. The Morgan fingerprint density at radius 2 is 2.50 bits per heavy atom. The fourth-order valence-electron chi connectivity index (χ4n) is 2.87. The molecule has 0 saturated carbocycles. The Bertz CT molecular complexity index is 207. The highest BCUT2D eigenvalue weighted by Gasteiger charge is 2.54. The molecule has 0 N–H and O–H groups in total. The Balaban J connectivity index is 1.84. The summed E-state index contributed by atoms with van der Waals surface area (Å²) in [4.78, 5) is 2.60. The Morgan fingerprint density at radius 3 is 3.00 bits per heavy atom. The first kappa shape index (κ1) is 7.65. The maximum atomic E-state index is 5.68. The Kier molecular flexibility index (Phi) is 1.53. The zero-order valence-corrected chi connectivity index (χ0v) is 8.27. The number of hydrogen-bond donors (Lipinski definition) is 0. The number of thioether (sulfide) groups is 1. The second kappa shape index (κ2) is 2.40. The molecule has 0 aromatic rings. The number of hydrogen-bond acceptors (Lipinski definition) is 3. The van der Waals surface area contributed by atoms with Crippen molar-refractivity contribution in [3.8, 4) is 0 Å². The summed E-state index contributed by atoms with van der Waals surface area (Å²) < 4.78 is 6.18. The van der Waals surface area contributed by atoms with Gasteiger partial charge in [0.15, 0.2) is 0 Å². The minimum absolute atomic E-state index is 0.436. The predicted molar refractivity (Wildman–Crippen MR) is 50.3 cm³/mol. The molecule has 68 valence electrons. The fourth-order valence-corrected chi connectivity index (χ4v) is 4.44. The first-order valence-corrected chi connectivity index (χ1v) is 5.68. The van der Waals surface area contributed by atoms with Gasteiger partial charge in [-0.1, -0.05) is 0 Å². The highest BCUT2D eigenvalue weighted by Crippen LogP contribution is 2.51. The van der Waals surface area contributed by atoms with Gasteiger partial charge in [0.2, 0.25) is 0 Å². The van der Waals surface area contributed by atoms with Crippen LogP contribution in [0.15, 0.2) is 0 Å². The van der Waals surface area contributed by atoms with Crippen molar-refractivity contribution in [3.05, 3.63) is 0 Å². The molecule has 3 saturated heterocycles. The van der Waals surface area contributed by atoms with E-state index in [9.17, 15) is 0 Å². The molecule has 3 aliphatic heterocycles. The molecule has 3 fully saturated rings. The van der Waals surface area contributed by atoms with Gasteiger partial charge in [-0.25, -0.2) is 0 Å². The van der Waals surface area contributed by atoms with E-state index in [1.54, 1.807) is 0 Å². The Labute approximate surface area is 77.6 Å². The lowest BCUT2D eigenvalue weighted by molar-refractivity contribution is 0.114. The molecular weight excluding hydrogens is 170 g/mol. The van der Waals surface area contributed by atoms with Gasteiger partial charge in [0.1, 0.15) is 5.44 Å². The van der Waals surface area contributed by atoms with Crippen LogP contribution >= 0.6 is 11.8 Å². The molecule has 2 nitrogen and oxygen atoms in total. The average molecular weight is 185 g/mol. The summed E-state index contributed by atoms with van der Waals surface area (Å²) in [7, 11) is 0. The number of rotatable bonds is 0. The fraction of sp³-hybridized carbons (Fsp3) is 1.00. The topological polar surface area (TPSA) is 12.5 Å². The molecule has 3 aliphatic rings. The van der Waals surface area contributed by atoms with E-state index in [0.29, 0.717) is 10.2 Å². The van der Waals surface area contributed by atoms with Gasteiger partial charge in [-0.3, -0.25) is 0 Å². The number of nitrogens with zero attached hydrogens (tertiary/aromatic N) is 1. The first-order valence-electron chi connectivity index (χ1n) is 4.80. The van der Waals surface area contributed by atoms with Crippen molar-refractivity contribution in [1.29, 1.82) is 0 Å². The lowest BCUT2D eigenvalue weighted by Gasteiger charge is -2.30. The van der Waals surface area contributed by atoms with E-state index in [0.717, 1.165) is 12.5 Å². The largest absolute Gasteiger partial charge is 0.366 e. The monoisotopic (exact) mass is 185 g/mol. The van der Waals surface area contributed by atoms with E-state index in [1.807, 2.05) is 0 Å². The smallest absolute Gasteiger partial charge is 0.101 e.